The number of ether oxygens (including phenoxy) is 2. The normalized spacial score (nSPS) is 12.9. The summed E-state index contributed by atoms with van der Waals surface area (Å²) >= 11 is 1.66. The molecule has 0 saturated heterocycles. The van der Waals surface area contributed by atoms with Crippen LogP contribution in [0.4, 0.5) is 0 Å². The van der Waals surface area contributed by atoms with Crippen molar-refractivity contribution in [2.24, 2.45) is 0 Å². The van der Waals surface area contributed by atoms with Crippen LogP contribution in [0.1, 0.15) is 45.8 Å². The summed E-state index contributed by atoms with van der Waals surface area (Å²) in [7, 11) is -3.40. The van der Waals surface area contributed by atoms with Gasteiger partial charge in [0, 0.05) is 28.2 Å². The molecule has 0 unspecified atom stereocenters. The van der Waals surface area contributed by atoms with Gasteiger partial charge >= 0.3 is 5.97 Å². The molecule has 0 bridgehead atoms. The fourth-order valence-electron chi connectivity index (χ4n) is 4.72. The first-order chi connectivity index (χ1) is 21.1. The highest BCUT2D eigenvalue weighted by atomic mass is 32.2. The number of benzene rings is 3. The summed E-state index contributed by atoms with van der Waals surface area (Å²) in [5, 5.41) is 12.2. The Hall–Kier alpha value is -3.83. The van der Waals surface area contributed by atoms with Gasteiger partial charge in [-0.05, 0) is 72.4 Å². The Morgan fingerprint density at radius 1 is 0.955 bits per heavy atom. The highest BCUT2D eigenvalue weighted by Gasteiger charge is 2.24. The summed E-state index contributed by atoms with van der Waals surface area (Å²) < 4.78 is 35.4. The minimum absolute atomic E-state index is 0.235. The molecule has 4 rings (SSSR count). The highest BCUT2D eigenvalue weighted by molar-refractivity contribution is 7.90. The van der Waals surface area contributed by atoms with Crippen LogP contribution in [0, 0.1) is 6.92 Å². The van der Waals surface area contributed by atoms with Crippen LogP contribution >= 0.6 is 11.3 Å². The van der Waals surface area contributed by atoms with Crippen molar-refractivity contribution in [2.45, 2.75) is 39.0 Å². The molecular weight excluding hydrogens is 599 g/mol. The van der Waals surface area contributed by atoms with Gasteiger partial charge in [-0.15, -0.1) is 11.3 Å². The van der Waals surface area contributed by atoms with Gasteiger partial charge in [-0.25, -0.2) is 13.2 Å². The number of sulfone groups is 1. The molecule has 1 aromatic heterocycles. The van der Waals surface area contributed by atoms with Gasteiger partial charge in [-0.3, -0.25) is 4.79 Å². The fourth-order valence-corrected chi connectivity index (χ4v) is 6.43. The summed E-state index contributed by atoms with van der Waals surface area (Å²) in [4.78, 5) is 27.4. The van der Waals surface area contributed by atoms with E-state index < -0.39 is 27.8 Å². The van der Waals surface area contributed by atoms with Gasteiger partial charge in [-0.1, -0.05) is 60.7 Å². The topological polar surface area (TPSA) is 119 Å². The Morgan fingerprint density at radius 3 is 2.36 bits per heavy atom. The summed E-state index contributed by atoms with van der Waals surface area (Å²) in [6.07, 6.45) is 0.500. The molecule has 44 heavy (non-hydrogen) atoms. The van der Waals surface area contributed by atoms with E-state index in [-0.39, 0.29) is 30.4 Å². The second-order valence-corrected chi connectivity index (χ2v) is 13.9. The molecule has 4 aromatic rings. The zero-order valence-corrected chi connectivity index (χ0v) is 26.6. The Bertz CT molecular complexity index is 1680. The number of carbonyl (C=O) groups is 2. The molecule has 1 heterocycles. The van der Waals surface area contributed by atoms with Gasteiger partial charge < -0.3 is 19.9 Å². The van der Waals surface area contributed by atoms with E-state index in [0.29, 0.717) is 18.8 Å². The van der Waals surface area contributed by atoms with Crippen molar-refractivity contribution in [1.29, 1.82) is 0 Å². The van der Waals surface area contributed by atoms with Crippen LogP contribution in [0.25, 0.3) is 21.6 Å². The van der Waals surface area contributed by atoms with Crippen LogP contribution in [0.5, 0.6) is 0 Å². The maximum Gasteiger partial charge on any atom is 0.326 e. The van der Waals surface area contributed by atoms with Gasteiger partial charge in [0.05, 0.1) is 19.0 Å². The summed E-state index contributed by atoms with van der Waals surface area (Å²) in [5.74, 6) is -2.25. The van der Waals surface area contributed by atoms with Crippen molar-refractivity contribution in [2.75, 3.05) is 25.2 Å². The number of carboxylic acids is 1. The van der Waals surface area contributed by atoms with Gasteiger partial charge in [-0.2, -0.15) is 0 Å². The number of amides is 1. The number of thiophene rings is 1. The number of carboxylic acid groups (broad SMARTS) is 1. The SMILES string of the molecule is CCOC[C@H](OCc1ccc(C(=O)N[C@@H](CCS(C)(=O)=O)C(=O)O)c(-c2ccccc2C)c1)c1ccc(-c2ccccc2)s1. The molecule has 2 N–H and O–H groups in total. The van der Waals surface area contributed by atoms with Gasteiger partial charge in [0.15, 0.2) is 0 Å². The van der Waals surface area contributed by atoms with Gasteiger partial charge in [0.25, 0.3) is 5.91 Å². The molecule has 0 aliphatic heterocycles. The number of nitrogens with one attached hydrogen (secondary N) is 1. The van der Waals surface area contributed by atoms with E-state index in [4.69, 9.17) is 9.47 Å². The van der Waals surface area contributed by atoms with E-state index in [2.05, 4.69) is 29.6 Å². The second-order valence-electron chi connectivity index (χ2n) is 10.5. The maximum absolute atomic E-state index is 13.4. The van der Waals surface area contributed by atoms with Crippen molar-refractivity contribution in [3.05, 3.63) is 106 Å². The van der Waals surface area contributed by atoms with Crippen LogP contribution in [0.15, 0.2) is 84.9 Å². The lowest BCUT2D eigenvalue weighted by Crippen LogP contribution is -2.42. The molecule has 3 aromatic carbocycles. The molecule has 0 radical (unpaired) electrons. The summed E-state index contributed by atoms with van der Waals surface area (Å²) in [6, 6.07) is 25.9. The minimum Gasteiger partial charge on any atom is -0.480 e. The first kappa shape index (κ1) is 33.1. The van der Waals surface area contributed by atoms with Crippen LogP contribution < -0.4 is 5.32 Å². The molecule has 0 spiro atoms. The minimum atomic E-state index is -3.40. The van der Waals surface area contributed by atoms with E-state index in [9.17, 15) is 23.1 Å². The van der Waals surface area contributed by atoms with Crippen LogP contribution in [0.2, 0.25) is 0 Å². The molecule has 0 aliphatic rings. The lowest BCUT2D eigenvalue weighted by Gasteiger charge is -2.19. The summed E-state index contributed by atoms with van der Waals surface area (Å²) in [6.45, 7) is 5.07. The lowest BCUT2D eigenvalue weighted by molar-refractivity contribution is -0.139. The monoisotopic (exact) mass is 635 g/mol. The quantitative estimate of drug-likeness (QED) is 0.157. The predicted octanol–water partition coefficient (Wildman–Crippen LogP) is 6.30. The van der Waals surface area contributed by atoms with E-state index in [1.54, 1.807) is 23.5 Å². The number of aryl methyl sites for hydroxylation is 1. The fraction of sp³-hybridized carbons (Fsp3) is 0.294. The molecular formula is C34H37NO7S2. The Labute approximate surface area is 262 Å². The molecule has 232 valence electrons. The zero-order valence-electron chi connectivity index (χ0n) is 25.0. The number of aliphatic carboxylic acids is 1. The number of rotatable bonds is 15. The van der Waals surface area contributed by atoms with Crippen molar-refractivity contribution in [1.82, 2.24) is 5.32 Å². The Kier molecular flexibility index (Phi) is 11.5. The molecule has 0 fully saturated rings. The lowest BCUT2D eigenvalue weighted by atomic mass is 9.93. The molecule has 10 heteroatoms. The third-order valence-electron chi connectivity index (χ3n) is 7.07. The van der Waals surface area contributed by atoms with Crippen molar-refractivity contribution < 1.29 is 32.6 Å². The standard InChI is InChI=1S/C34H37NO7S2/c1-4-41-22-30(32-17-16-31(43-32)25-11-6-5-7-12-25)42-21-24-14-15-27(28(20-24)26-13-9-8-10-23(26)2)33(36)35-29(34(37)38)18-19-44(3,39)40/h5-17,20,29-30H,4,18-19,21-22H2,1-3H3,(H,35,36)(H,37,38)/t29-,30-/m0/s1. The Morgan fingerprint density at radius 2 is 1.68 bits per heavy atom. The third-order valence-corrected chi connectivity index (χ3v) is 9.28. The molecule has 0 aliphatic carbocycles. The average molecular weight is 636 g/mol. The maximum atomic E-state index is 13.4. The van der Waals surface area contributed by atoms with Crippen molar-refractivity contribution >= 4 is 33.1 Å². The summed E-state index contributed by atoms with van der Waals surface area (Å²) in [5.41, 5.74) is 4.63. The van der Waals surface area contributed by atoms with Gasteiger partial charge in [0.2, 0.25) is 0 Å². The highest BCUT2D eigenvalue weighted by Crippen LogP contribution is 2.34. The van der Waals surface area contributed by atoms with Crippen LogP contribution in [-0.4, -0.2) is 56.7 Å². The Balaban J connectivity index is 1.59. The second kappa shape index (κ2) is 15.3. The van der Waals surface area contributed by atoms with Crippen molar-refractivity contribution in [3.63, 3.8) is 0 Å². The smallest absolute Gasteiger partial charge is 0.326 e. The molecule has 2 atom stereocenters. The number of hydrogen-bond acceptors (Lipinski definition) is 7. The average Bonchev–Trinajstić information content (AvgIpc) is 3.49. The van der Waals surface area contributed by atoms with E-state index in [1.165, 1.54) is 0 Å². The van der Waals surface area contributed by atoms with E-state index in [1.807, 2.05) is 62.4 Å². The van der Waals surface area contributed by atoms with E-state index >= 15 is 0 Å². The largest absolute Gasteiger partial charge is 0.480 e. The molecule has 8 nitrogen and oxygen atoms in total. The van der Waals surface area contributed by atoms with E-state index in [0.717, 1.165) is 38.3 Å². The number of hydrogen-bond donors (Lipinski definition) is 2. The third kappa shape index (κ3) is 9.09. The van der Waals surface area contributed by atoms with Gasteiger partial charge in [0.1, 0.15) is 22.0 Å². The van der Waals surface area contributed by atoms with Crippen molar-refractivity contribution in [3.8, 4) is 21.6 Å². The zero-order chi connectivity index (χ0) is 31.7. The van der Waals surface area contributed by atoms with Crippen LogP contribution in [-0.2, 0) is 30.7 Å². The number of carbonyl (C=O) groups excluding carboxylic acids is 1. The van der Waals surface area contributed by atoms with Crippen LogP contribution in [0.3, 0.4) is 0 Å². The molecule has 1 amide bonds. The first-order valence-corrected chi connectivity index (χ1v) is 17.2. The molecule has 0 saturated carbocycles. The first-order valence-electron chi connectivity index (χ1n) is 14.3. The predicted molar refractivity (Wildman–Crippen MR) is 174 cm³/mol.